The molecular formula is C14H18O. The van der Waals surface area contributed by atoms with Crippen LogP contribution < -0.4 is 0 Å². The molecule has 0 N–H and O–H groups in total. The van der Waals surface area contributed by atoms with Gasteiger partial charge >= 0.3 is 0 Å². The molecule has 0 radical (unpaired) electrons. The van der Waals surface area contributed by atoms with Crippen molar-refractivity contribution in [2.24, 2.45) is 47.3 Å². The number of fused-ring (bicyclic) bond motifs is 9. The Balaban J connectivity index is 1.76. The third kappa shape index (κ3) is 0.811. The van der Waals surface area contributed by atoms with Crippen molar-refractivity contribution < 1.29 is 4.79 Å². The standard InChI is InChI=1S/C14H18O/c1-7-10-5-11(12(7)6-15)14-9-3-2-8(4-9)13(10)14/h2-3,6-14H,4-5H2,1H3/t7-,8-,9-,10-,11-,12+,13+,14+/m0/s1. The van der Waals surface area contributed by atoms with Crippen LogP contribution in [0, 0.1) is 47.3 Å². The van der Waals surface area contributed by atoms with Crippen LogP contribution in [0.3, 0.4) is 0 Å². The van der Waals surface area contributed by atoms with Crippen LogP contribution in [0.5, 0.6) is 0 Å². The molecule has 1 heteroatoms. The van der Waals surface area contributed by atoms with Gasteiger partial charge in [0, 0.05) is 5.92 Å². The molecule has 0 aromatic rings. The Morgan fingerprint density at radius 2 is 1.73 bits per heavy atom. The molecule has 0 unspecified atom stereocenters. The van der Waals surface area contributed by atoms with E-state index in [2.05, 4.69) is 19.1 Å². The van der Waals surface area contributed by atoms with Crippen molar-refractivity contribution in [1.82, 2.24) is 0 Å². The summed E-state index contributed by atoms with van der Waals surface area (Å²) in [4.78, 5) is 11.2. The lowest BCUT2D eigenvalue weighted by Crippen LogP contribution is -2.36. The number of allylic oxidation sites excluding steroid dienone is 2. The van der Waals surface area contributed by atoms with Gasteiger partial charge in [-0.05, 0) is 54.3 Å². The maximum atomic E-state index is 11.2. The van der Waals surface area contributed by atoms with Crippen LogP contribution in [-0.4, -0.2) is 6.29 Å². The SMILES string of the molecule is C[C@@H]1[C@@H](C=O)[C@@H]2C[C@@H]1[C@@H]1[C@@H]2[C@H]2C=C[C@H]1C2. The Morgan fingerprint density at radius 3 is 2.40 bits per heavy atom. The van der Waals surface area contributed by atoms with Crippen LogP contribution in [0.4, 0.5) is 0 Å². The van der Waals surface area contributed by atoms with Gasteiger partial charge in [-0.3, -0.25) is 0 Å². The topological polar surface area (TPSA) is 17.1 Å². The van der Waals surface area contributed by atoms with Crippen LogP contribution in [0.1, 0.15) is 19.8 Å². The minimum absolute atomic E-state index is 0.393. The number of hydrogen-bond acceptors (Lipinski definition) is 1. The largest absolute Gasteiger partial charge is 0.303 e. The highest BCUT2D eigenvalue weighted by Gasteiger charge is 2.63. The molecule has 0 spiro atoms. The van der Waals surface area contributed by atoms with E-state index in [0.717, 1.165) is 35.5 Å². The minimum Gasteiger partial charge on any atom is -0.303 e. The Bertz CT molecular complexity index is 345. The molecule has 0 heterocycles. The van der Waals surface area contributed by atoms with Crippen LogP contribution in [0.25, 0.3) is 0 Å². The first-order valence-corrected chi connectivity index (χ1v) is 6.45. The van der Waals surface area contributed by atoms with E-state index >= 15 is 0 Å². The van der Waals surface area contributed by atoms with E-state index in [1.54, 1.807) is 0 Å². The molecule has 8 atom stereocenters. The van der Waals surface area contributed by atoms with Gasteiger partial charge < -0.3 is 4.79 Å². The fourth-order valence-corrected chi connectivity index (χ4v) is 5.61. The second kappa shape index (κ2) is 2.56. The van der Waals surface area contributed by atoms with Gasteiger partial charge in [-0.2, -0.15) is 0 Å². The zero-order chi connectivity index (χ0) is 10.2. The average molecular weight is 202 g/mol. The molecule has 0 aliphatic heterocycles. The van der Waals surface area contributed by atoms with Crippen LogP contribution in [0.2, 0.25) is 0 Å². The van der Waals surface area contributed by atoms with E-state index in [0.29, 0.717) is 11.8 Å². The first kappa shape index (κ1) is 8.55. The lowest BCUT2D eigenvalue weighted by Gasteiger charge is -2.38. The fraction of sp³-hybridized carbons (Fsp3) is 0.786. The van der Waals surface area contributed by atoms with Gasteiger partial charge in [0.25, 0.3) is 0 Å². The average Bonchev–Trinajstić information content (AvgIpc) is 2.94. The summed E-state index contributed by atoms with van der Waals surface area (Å²) in [6.07, 6.45) is 8.94. The van der Waals surface area contributed by atoms with Crippen molar-refractivity contribution in [3.63, 3.8) is 0 Å². The molecule has 0 saturated heterocycles. The van der Waals surface area contributed by atoms with E-state index in [-0.39, 0.29) is 0 Å². The molecule has 0 aromatic heterocycles. The zero-order valence-electron chi connectivity index (χ0n) is 9.17. The zero-order valence-corrected chi connectivity index (χ0v) is 9.17. The quantitative estimate of drug-likeness (QED) is 0.363. The predicted octanol–water partition coefficient (Wildman–Crippen LogP) is 2.53. The number of hydrogen-bond donors (Lipinski definition) is 0. The lowest BCUT2D eigenvalue weighted by atomic mass is 9.66. The summed E-state index contributed by atoms with van der Waals surface area (Å²) < 4.78 is 0. The first-order valence-electron chi connectivity index (χ1n) is 6.45. The van der Waals surface area contributed by atoms with Crippen molar-refractivity contribution in [1.29, 1.82) is 0 Å². The molecule has 3 fully saturated rings. The highest BCUT2D eigenvalue weighted by Crippen LogP contribution is 2.68. The Labute approximate surface area is 90.9 Å². The lowest BCUT2D eigenvalue weighted by molar-refractivity contribution is -0.115. The molecule has 15 heavy (non-hydrogen) atoms. The van der Waals surface area contributed by atoms with Gasteiger partial charge in [0.1, 0.15) is 6.29 Å². The van der Waals surface area contributed by atoms with Gasteiger partial charge in [0.2, 0.25) is 0 Å². The summed E-state index contributed by atoms with van der Waals surface area (Å²) in [5, 5.41) is 0. The molecule has 4 rings (SSSR count). The number of carbonyl (C=O) groups is 1. The smallest absolute Gasteiger partial charge is 0.123 e. The van der Waals surface area contributed by atoms with Gasteiger partial charge in [-0.1, -0.05) is 19.1 Å². The van der Waals surface area contributed by atoms with Crippen LogP contribution in [-0.2, 0) is 4.79 Å². The second-order valence-corrected chi connectivity index (χ2v) is 6.24. The summed E-state index contributed by atoms with van der Waals surface area (Å²) >= 11 is 0. The third-order valence-corrected chi connectivity index (χ3v) is 6.05. The highest BCUT2D eigenvalue weighted by molar-refractivity contribution is 5.56. The third-order valence-electron chi connectivity index (χ3n) is 6.05. The molecule has 1 nitrogen and oxygen atoms in total. The Hall–Kier alpha value is -0.590. The van der Waals surface area contributed by atoms with E-state index in [4.69, 9.17) is 0 Å². The van der Waals surface area contributed by atoms with Crippen molar-refractivity contribution in [3.8, 4) is 0 Å². The number of aldehydes is 1. The molecule has 3 saturated carbocycles. The van der Waals surface area contributed by atoms with Gasteiger partial charge in [-0.25, -0.2) is 0 Å². The van der Waals surface area contributed by atoms with Gasteiger partial charge in [0.05, 0.1) is 0 Å². The van der Waals surface area contributed by atoms with Crippen LogP contribution >= 0.6 is 0 Å². The highest BCUT2D eigenvalue weighted by atomic mass is 16.1. The van der Waals surface area contributed by atoms with Gasteiger partial charge in [0.15, 0.2) is 0 Å². The molecule has 0 amide bonds. The molecule has 4 aliphatic carbocycles. The fourth-order valence-electron chi connectivity index (χ4n) is 5.61. The normalized spacial score (nSPS) is 63.8. The summed E-state index contributed by atoms with van der Waals surface area (Å²) in [5.74, 6) is 6.23. The van der Waals surface area contributed by atoms with E-state index in [9.17, 15) is 4.79 Å². The predicted molar refractivity (Wildman–Crippen MR) is 58.0 cm³/mol. The Morgan fingerprint density at radius 1 is 1.07 bits per heavy atom. The molecule has 4 bridgehead atoms. The summed E-state index contributed by atoms with van der Waals surface area (Å²) in [7, 11) is 0. The maximum Gasteiger partial charge on any atom is 0.123 e. The number of rotatable bonds is 1. The Kier molecular flexibility index (Phi) is 1.46. The van der Waals surface area contributed by atoms with Crippen molar-refractivity contribution in [2.45, 2.75) is 19.8 Å². The minimum atomic E-state index is 0.393. The van der Waals surface area contributed by atoms with Crippen molar-refractivity contribution in [3.05, 3.63) is 12.2 Å². The monoisotopic (exact) mass is 202 g/mol. The van der Waals surface area contributed by atoms with Crippen molar-refractivity contribution in [2.75, 3.05) is 0 Å². The summed E-state index contributed by atoms with van der Waals surface area (Å²) in [5.41, 5.74) is 0. The summed E-state index contributed by atoms with van der Waals surface area (Å²) in [6, 6.07) is 0. The summed E-state index contributed by atoms with van der Waals surface area (Å²) in [6.45, 7) is 2.32. The maximum absolute atomic E-state index is 11.2. The van der Waals surface area contributed by atoms with E-state index in [1.807, 2.05) is 0 Å². The number of carbonyl (C=O) groups excluding carboxylic acids is 1. The van der Waals surface area contributed by atoms with Crippen molar-refractivity contribution >= 4 is 6.29 Å². The molecular weight excluding hydrogens is 184 g/mol. The molecule has 80 valence electrons. The van der Waals surface area contributed by atoms with E-state index < -0.39 is 0 Å². The van der Waals surface area contributed by atoms with E-state index in [1.165, 1.54) is 19.1 Å². The first-order chi connectivity index (χ1) is 7.31. The van der Waals surface area contributed by atoms with Crippen LogP contribution in [0.15, 0.2) is 12.2 Å². The molecule has 0 aromatic carbocycles. The second-order valence-electron chi connectivity index (χ2n) is 6.24. The molecule has 4 aliphatic rings. The van der Waals surface area contributed by atoms with Gasteiger partial charge in [-0.15, -0.1) is 0 Å².